The Morgan fingerprint density at radius 1 is 1.38 bits per heavy atom. The van der Waals surface area contributed by atoms with Crippen molar-refractivity contribution in [3.05, 3.63) is 22.2 Å². The summed E-state index contributed by atoms with van der Waals surface area (Å²) in [6, 6.07) is 4.36. The maximum Gasteiger partial charge on any atom is 0.233 e. The summed E-state index contributed by atoms with van der Waals surface area (Å²) < 4.78 is 12.1. The van der Waals surface area contributed by atoms with Crippen LogP contribution in [0.25, 0.3) is 0 Å². The average molecular weight is 372 g/mol. The molecular weight excluding hydrogens is 354 g/mol. The highest BCUT2D eigenvalue weighted by molar-refractivity contribution is 9.10. The number of halogens is 1. The Labute approximate surface area is 137 Å². The molecule has 1 saturated carbocycles. The molecule has 6 heteroatoms. The average Bonchev–Trinajstić information content (AvgIpc) is 3.28. The molecule has 0 spiro atoms. The summed E-state index contributed by atoms with van der Waals surface area (Å²) in [6.07, 6.45) is 2.24. The second kappa shape index (κ2) is 6.48. The van der Waals surface area contributed by atoms with E-state index in [1.807, 2.05) is 19.1 Å². The van der Waals surface area contributed by atoms with Crippen molar-refractivity contribution in [1.29, 1.82) is 0 Å². The van der Waals surface area contributed by atoms with Crippen molar-refractivity contribution in [1.82, 2.24) is 5.32 Å². The third-order valence-electron chi connectivity index (χ3n) is 3.49. The smallest absolute Gasteiger partial charge is 0.233 e. The molecule has 114 valence electrons. The molecule has 1 aliphatic heterocycles. The summed E-state index contributed by atoms with van der Waals surface area (Å²) in [4.78, 5) is 11.9. The highest BCUT2D eigenvalue weighted by Crippen LogP contribution is 2.37. The first-order valence-corrected chi connectivity index (χ1v) is 8.97. The highest BCUT2D eigenvalue weighted by atomic mass is 79.9. The Kier molecular flexibility index (Phi) is 4.64. The van der Waals surface area contributed by atoms with Gasteiger partial charge in [0, 0.05) is 16.3 Å². The standard InChI is InChI=1S/C15H18BrNO3S/c1-9(15(18)17-11-2-3-11)21-8-10-6-13-14(7-12(10)16)20-5-4-19-13/h6-7,9,11H,2-5,8H2,1H3,(H,17,18). The molecular formula is C15H18BrNO3S. The minimum absolute atomic E-state index is 0.0503. The summed E-state index contributed by atoms with van der Waals surface area (Å²) in [7, 11) is 0. The summed E-state index contributed by atoms with van der Waals surface area (Å²) in [6.45, 7) is 3.13. The lowest BCUT2D eigenvalue weighted by Gasteiger charge is -2.20. The zero-order valence-electron chi connectivity index (χ0n) is 11.9. The van der Waals surface area contributed by atoms with E-state index in [9.17, 15) is 4.79 Å². The van der Waals surface area contributed by atoms with Crippen molar-refractivity contribution < 1.29 is 14.3 Å². The van der Waals surface area contributed by atoms with Crippen molar-refractivity contribution in [3.63, 3.8) is 0 Å². The minimum atomic E-state index is -0.0503. The van der Waals surface area contributed by atoms with E-state index >= 15 is 0 Å². The second-order valence-electron chi connectivity index (χ2n) is 5.32. The molecule has 0 saturated heterocycles. The zero-order valence-corrected chi connectivity index (χ0v) is 14.3. The maximum absolute atomic E-state index is 11.9. The molecule has 21 heavy (non-hydrogen) atoms. The molecule has 2 aliphatic rings. The van der Waals surface area contributed by atoms with Crippen molar-refractivity contribution in [2.75, 3.05) is 13.2 Å². The quantitative estimate of drug-likeness (QED) is 0.863. The lowest BCUT2D eigenvalue weighted by Crippen LogP contribution is -2.32. The Bertz CT molecular complexity index is 548. The number of rotatable bonds is 5. The van der Waals surface area contributed by atoms with E-state index in [0.29, 0.717) is 19.3 Å². The van der Waals surface area contributed by atoms with E-state index in [1.165, 1.54) is 0 Å². The third kappa shape index (κ3) is 3.86. The SMILES string of the molecule is CC(SCc1cc2c(cc1Br)OCCO2)C(=O)NC1CC1. The van der Waals surface area contributed by atoms with Crippen LogP contribution in [0.4, 0.5) is 0 Å². The van der Waals surface area contributed by atoms with Crippen LogP contribution in [-0.2, 0) is 10.5 Å². The van der Waals surface area contributed by atoms with Gasteiger partial charge in [0.15, 0.2) is 11.5 Å². The van der Waals surface area contributed by atoms with Gasteiger partial charge in [-0.05, 0) is 37.5 Å². The molecule has 1 amide bonds. The van der Waals surface area contributed by atoms with Gasteiger partial charge in [-0.15, -0.1) is 11.8 Å². The molecule has 4 nitrogen and oxygen atoms in total. The summed E-state index contributed by atoms with van der Waals surface area (Å²) in [5.41, 5.74) is 1.12. The number of hydrogen-bond acceptors (Lipinski definition) is 4. The monoisotopic (exact) mass is 371 g/mol. The second-order valence-corrected chi connectivity index (χ2v) is 7.51. The molecule has 1 aromatic rings. The lowest BCUT2D eigenvalue weighted by molar-refractivity contribution is -0.120. The van der Waals surface area contributed by atoms with Gasteiger partial charge in [0.1, 0.15) is 13.2 Å². The van der Waals surface area contributed by atoms with Crippen LogP contribution >= 0.6 is 27.7 Å². The van der Waals surface area contributed by atoms with Gasteiger partial charge in [-0.2, -0.15) is 0 Å². The molecule has 0 aromatic heterocycles. The van der Waals surface area contributed by atoms with E-state index in [-0.39, 0.29) is 11.2 Å². The van der Waals surface area contributed by atoms with Crippen molar-refractivity contribution in [3.8, 4) is 11.5 Å². The number of carbonyl (C=O) groups is 1. The highest BCUT2D eigenvalue weighted by Gasteiger charge is 2.26. The Morgan fingerprint density at radius 3 is 2.71 bits per heavy atom. The summed E-state index contributed by atoms with van der Waals surface area (Å²) in [5.74, 6) is 2.46. The van der Waals surface area contributed by atoms with Gasteiger partial charge in [0.25, 0.3) is 0 Å². The van der Waals surface area contributed by atoms with E-state index in [4.69, 9.17) is 9.47 Å². The van der Waals surface area contributed by atoms with Crippen molar-refractivity contribution >= 4 is 33.6 Å². The van der Waals surface area contributed by atoms with Crippen LogP contribution in [0.3, 0.4) is 0 Å². The van der Waals surface area contributed by atoms with Crippen molar-refractivity contribution in [2.45, 2.75) is 36.8 Å². The molecule has 1 unspecified atom stereocenters. The Balaban J connectivity index is 1.60. The van der Waals surface area contributed by atoms with Gasteiger partial charge >= 0.3 is 0 Å². The van der Waals surface area contributed by atoms with Crippen LogP contribution in [-0.4, -0.2) is 30.4 Å². The van der Waals surface area contributed by atoms with E-state index < -0.39 is 0 Å². The van der Waals surface area contributed by atoms with Crippen molar-refractivity contribution in [2.24, 2.45) is 0 Å². The van der Waals surface area contributed by atoms with Gasteiger partial charge in [-0.25, -0.2) is 0 Å². The molecule has 1 aliphatic carbocycles. The molecule has 1 fully saturated rings. The number of fused-ring (bicyclic) bond motifs is 1. The first-order chi connectivity index (χ1) is 10.1. The largest absolute Gasteiger partial charge is 0.486 e. The lowest BCUT2D eigenvalue weighted by atomic mass is 10.2. The van der Waals surface area contributed by atoms with E-state index in [0.717, 1.165) is 40.1 Å². The Hall–Kier alpha value is -0.880. The fourth-order valence-corrected chi connectivity index (χ4v) is 3.59. The van der Waals surface area contributed by atoms with Crippen LogP contribution in [0, 0.1) is 0 Å². The number of ether oxygens (including phenoxy) is 2. The zero-order chi connectivity index (χ0) is 14.8. The van der Waals surface area contributed by atoms with Crippen LogP contribution in [0.15, 0.2) is 16.6 Å². The van der Waals surface area contributed by atoms with Gasteiger partial charge in [-0.1, -0.05) is 15.9 Å². The van der Waals surface area contributed by atoms with Crippen LogP contribution < -0.4 is 14.8 Å². The number of amides is 1. The number of thioether (sulfide) groups is 1. The van der Waals surface area contributed by atoms with Crippen LogP contribution in [0.5, 0.6) is 11.5 Å². The number of carbonyl (C=O) groups excluding carboxylic acids is 1. The topological polar surface area (TPSA) is 47.6 Å². The predicted octanol–water partition coefficient (Wildman–Crippen LogP) is 3.12. The minimum Gasteiger partial charge on any atom is -0.486 e. The molecule has 3 rings (SSSR count). The van der Waals surface area contributed by atoms with Crippen LogP contribution in [0.2, 0.25) is 0 Å². The molecule has 1 heterocycles. The maximum atomic E-state index is 11.9. The first kappa shape index (κ1) is 15.0. The fourth-order valence-electron chi connectivity index (χ4n) is 2.05. The predicted molar refractivity (Wildman–Crippen MR) is 87.1 cm³/mol. The molecule has 0 radical (unpaired) electrons. The number of hydrogen-bond donors (Lipinski definition) is 1. The van der Waals surface area contributed by atoms with Gasteiger partial charge < -0.3 is 14.8 Å². The van der Waals surface area contributed by atoms with E-state index in [1.54, 1.807) is 11.8 Å². The molecule has 1 aromatic carbocycles. The molecule has 0 bridgehead atoms. The number of nitrogens with one attached hydrogen (secondary N) is 1. The molecule has 1 N–H and O–H groups in total. The van der Waals surface area contributed by atoms with Gasteiger partial charge in [0.05, 0.1) is 5.25 Å². The molecule has 1 atom stereocenters. The van der Waals surface area contributed by atoms with Crippen LogP contribution in [0.1, 0.15) is 25.3 Å². The summed E-state index contributed by atoms with van der Waals surface area (Å²) >= 11 is 5.20. The normalized spacial score (nSPS) is 18.2. The van der Waals surface area contributed by atoms with E-state index in [2.05, 4.69) is 21.2 Å². The Morgan fingerprint density at radius 2 is 2.05 bits per heavy atom. The first-order valence-electron chi connectivity index (χ1n) is 7.13. The van der Waals surface area contributed by atoms with Gasteiger partial charge in [-0.3, -0.25) is 4.79 Å². The third-order valence-corrected chi connectivity index (χ3v) is 5.42. The van der Waals surface area contributed by atoms with Gasteiger partial charge in [0.2, 0.25) is 5.91 Å². The fraction of sp³-hybridized carbons (Fsp3) is 0.533. The summed E-state index contributed by atoms with van der Waals surface area (Å²) in [5, 5.41) is 2.99. The number of benzene rings is 1.